The number of methoxy groups -OCH3 is 1. The van der Waals surface area contributed by atoms with Crippen molar-refractivity contribution in [2.45, 2.75) is 25.3 Å². The maximum absolute atomic E-state index is 13.6. The van der Waals surface area contributed by atoms with E-state index < -0.39 is 12.1 Å². The quantitative estimate of drug-likeness (QED) is 0.495. The van der Waals surface area contributed by atoms with Crippen molar-refractivity contribution in [3.8, 4) is 17.2 Å². The topological polar surface area (TPSA) is 137 Å². The third kappa shape index (κ3) is 4.91. The maximum atomic E-state index is 13.6. The number of likely N-dealkylation sites (tertiary alicyclic amines) is 1. The summed E-state index contributed by atoms with van der Waals surface area (Å²) in [6, 6.07) is 9.47. The lowest BCUT2D eigenvalue weighted by Crippen LogP contribution is -2.44. The minimum absolute atomic E-state index is 0.0428. The number of nitrogens with one attached hydrogen (secondary N) is 1. The Morgan fingerprint density at radius 1 is 1.07 bits per heavy atom. The average molecular weight is 549 g/mol. The summed E-state index contributed by atoms with van der Waals surface area (Å²) in [7, 11) is 3.18. The molecule has 2 aromatic carbocycles. The van der Waals surface area contributed by atoms with Gasteiger partial charge in [-0.15, -0.1) is 5.10 Å². The largest absolute Gasteiger partial charge is 0.493 e. The fourth-order valence-electron chi connectivity index (χ4n) is 4.97. The van der Waals surface area contributed by atoms with Crippen LogP contribution in [-0.4, -0.2) is 90.2 Å². The number of nitrogens with zero attached hydrogens (tertiary/aromatic N) is 5. The number of aromatic nitrogens is 3. The molecule has 208 valence electrons. The molecule has 0 saturated carbocycles. The lowest BCUT2D eigenvalue weighted by atomic mass is 10.1. The number of fused-ring (bicyclic) bond motifs is 6. The van der Waals surface area contributed by atoms with Gasteiger partial charge >= 0.3 is 0 Å². The molecule has 3 aliphatic heterocycles. The monoisotopic (exact) mass is 548 g/mol. The Labute approximate surface area is 229 Å². The molecular formula is C27H28N6O7. The van der Waals surface area contributed by atoms with Crippen LogP contribution in [0.15, 0.2) is 42.6 Å². The predicted molar refractivity (Wildman–Crippen MR) is 140 cm³/mol. The van der Waals surface area contributed by atoms with E-state index in [1.54, 1.807) is 59.2 Å². The third-order valence-corrected chi connectivity index (χ3v) is 7.20. The second-order valence-corrected chi connectivity index (χ2v) is 9.75. The molecule has 0 spiro atoms. The predicted octanol–water partition coefficient (Wildman–Crippen LogP) is 0.874. The standard InChI is InChI=1S/C27H28N6O7/c1-31-20-9-17(4-5-21(20)40-15-25(31)34)27(36)32-12-19-24(13-32)39-14-18-11-33(30-29-18)7-8-38-23-10-16(26(35)28-19)3-6-22(23)37-2/h3-6,9-11,19,24H,7-8,12-15H2,1-2H3,(H,28,35)/t19-,24-/m0/s1. The number of carbonyl (C=O) groups is 3. The van der Waals surface area contributed by atoms with Gasteiger partial charge in [0.2, 0.25) is 0 Å². The van der Waals surface area contributed by atoms with Crippen molar-refractivity contribution in [3.05, 3.63) is 59.4 Å². The van der Waals surface area contributed by atoms with E-state index >= 15 is 0 Å². The number of rotatable bonds is 2. The molecule has 6 rings (SSSR count). The molecule has 4 heterocycles. The van der Waals surface area contributed by atoms with Crippen molar-refractivity contribution in [1.82, 2.24) is 25.2 Å². The van der Waals surface area contributed by atoms with Gasteiger partial charge in [0.1, 0.15) is 18.1 Å². The van der Waals surface area contributed by atoms with Gasteiger partial charge in [-0.3, -0.25) is 14.4 Å². The van der Waals surface area contributed by atoms with Crippen molar-refractivity contribution < 1.29 is 33.3 Å². The SMILES string of the molecule is COc1ccc2cc1OCCn1cc(nn1)CO[C@H]1CN(C(=O)c3ccc4c(c3)N(C)C(=O)CO4)C[C@@H]1NC2=O. The van der Waals surface area contributed by atoms with Crippen molar-refractivity contribution >= 4 is 23.4 Å². The molecule has 40 heavy (non-hydrogen) atoms. The van der Waals surface area contributed by atoms with Gasteiger partial charge < -0.3 is 34.1 Å². The van der Waals surface area contributed by atoms with Crippen LogP contribution in [0.5, 0.6) is 17.2 Å². The van der Waals surface area contributed by atoms with Crippen LogP contribution in [0.2, 0.25) is 0 Å². The minimum atomic E-state index is -0.498. The summed E-state index contributed by atoms with van der Waals surface area (Å²) >= 11 is 0. The molecule has 1 N–H and O–H groups in total. The lowest BCUT2D eigenvalue weighted by Gasteiger charge is -2.26. The van der Waals surface area contributed by atoms with Crippen molar-refractivity contribution in [1.29, 1.82) is 0 Å². The number of anilines is 1. The fraction of sp³-hybridized carbons (Fsp3) is 0.370. The molecule has 2 atom stereocenters. The van der Waals surface area contributed by atoms with Crippen LogP contribution in [0.1, 0.15) is 26.4 Å². The molecule has 0 aliphatic carbocycles. The summed E-state index contributed by atoms with van der Waals surface area (Å²) in [4.78, 5) is 42.1. The van der Waals surface area contributed by atoms with Crippen molar-refractivity contribution in [2.75, 3.05) is 45.4 Å². The van der Waals surface area contributed by atoms with E-state index in [1.807, 2.05) is 0 Å². The summed E-state index contributed by atoms with van der Waals surface area (Å²) in [5.41, 5.74) is 1.93. The molecule has 1 saturated heterocycles. The van der Waals surface area contributed by atoms with Gasteiger partial charge in [0.25, 0.3) is 17.7 Å². The van der Waals surface area contributed by atoms with Crippen molar-refractivity contribution in [3.63, 3.8) is 0 Å². The van der Waals surface area contributed by atoms with E-state index in [1.165, 1.54) is 12.0 Å². The zero-order chi connectivity index (χ0) is 27.8. The smallest absolute Gasteiger partial charge is 0.264 e. The number of benzene rings is 2. The van der Waals surface area contributed by atoms with Crippen LogP contribution in [0.4, 0.5) is 5.69 Å². The number of hydrogen-bond acceptors (Lipinski definition) is 9. The van der Waals surface area contributed by atoms with Crippen LogP contribution >= 0.6 is 0 Å². The summed E-state index contributed by atoms with van der Waals surface area (Å²) in [6.07, 6.45) is 1.28. The first-order valence-corrected chi connectivity index (χ1v) is 12.8. The van der Waals surface area contributed by atoms with E-state index in [9.17, 15) is 14.4 Å². The molecule has 3 amide bonds. The molecule has 4 bridgehead atoms. The zero-order valence-electron chi connectivity index (χ0n) is 22.0. The Bertz CT molecular complexity index is 1470. The number of carbonyl (C=O) groups excluding carboxylic acids is 3. The zero-order valence-corrected chi connectivity index (χ0v) is 22.0. The Kier molecular flexibility index (Phi) is 6.72. The lowest BCUT2D eigenvalue weighted by molar-refractivity contribution is -0.121. The van der Waals surface area contributed by atoms with Crippen LogP contribution < -0.4 is 24.4 Å². The molecule has 3 aromatic rings. The second-order valence-electron chi connectivity index (χ2n) is 9.75. The summed E-state index contributed by atoms with van der Waals surface area (Å²) in [6.45, 7) is 1.32. The highest BCUT2D eigenvalue weighted by Crippen LogP contribution is 2.33. The van der Waals surface area contributed by atoms with E-state index in [2.05, 4.69) is 15.6 Å². The van der Waals surface area contributed by atoms with Crippen LogP contribution in [-0.2, 0) is 22.7 Å². The average Bonchev–Trinajstić information content (AvgIpc) is 3.59. The van der Waals surface area contributed by atoms with Gasteiger partial charge in [0, 0.05) is 31.3 Å². The molecular weight excluding hydrogens is 520 g/mol. The van der Waals surface area contributed by atoms with Crippen molar-refractivity contribution in [2.24, 2.45) is 0 Å². The van der Waals surface area contributed by atoms with E-state index in [0.717, 1.165) is 0 Å². The van der Waals surface area contributed by atoms with E-state index in [4.69, 9.17) is 18.9 Å². The Hall–Kier alpha value is -4.65. The Morgan fingerprint density at radius 3 is 2.80 bits per heavy atom. The van der Waals surface area contributed by atoms with Crippen LogP contribution in [0, 0.1) is 0 Å². The molecule has 13 heteroatoms. The van der Waals surface area contributed by atoms with E-state index in [0.29, 0.717) is 52.9 Å². The molecule has 3 aliphatic rings. The molecule has 0 radical (unpaired) electrons. The first-order valence-electron chi connectivity index (χ1n) is 12.8. The highest BCUT2D eigenvalue weighted by Gasteiger charge is 2.38. The molecule has 0 unspecified atom stereocenters. The molecule has 1 fully saturated rings. The first-order chi connectivity index (χ1) is 19.4. The normalized spacial score (nSPS) is 20.8. The first kappa shape index (κ1) is 25.6. The highest BCUT2D eigenvalue weighted by molar-refractivity contribution is 6.01. The molecule has 1 aromatic heterocycles. The van der Waals surface area contributed by atoms with Gasteiger partial charge in [-0.05, 0) is 36.4 Å². The Balaban J connectivity index is 1.26. The van der Waals surface area contributed by atoms with Gasteiger partial charge in [0.05, 0.1) is 44.3 Å². The van der Waals surface area contributed by atoms with E-state index in [-0.39, 0.29) is 44.0 Å². The highest BCUT2D eigenvalue weighted by atomic mass is 16.5. The summed E-state index contributed by atoms with van der Waals surface area (Å²) < 4.78 is 24.6. The third-order valence-electron chi connectivity index (χ3n) is 7.20. The summed E-state index contributed by atoms with van der Waals surface area (Å²) in [5.74, 6) is 0.697. The summed E-state index contributed by atoms with van der Waals surface area (Å²) in [5, 5.41) is 11.3. The Morgan fingerprint density at radius 2 is 1.95 bits per heavy atom. The maximum Gasteiger partial charge on any atom is 0.264 e. The molecule has 13 nitrogen and oxygen atoms in total. The van der Waals surface area contributed by atoms with Crippen LogP contribution in [0.25, 0.3) is 0 Å². The van der Waals surface area contributed by atoms with Gasteiger partial charge in [-0.2, -0.15) is 0 Å². The fourth-order valence-corrected chi connectivity index (χ4v) is 4.97. The second kappa shape index (κ2) is 10.5. The van der Waals surface area contributed by atoms with Gasteiger partial charge in [0.15, 0.2) is 18.1 Å². The van der Waals surface area contributed by atoms with Crippen LogP contribution in [0.3, 0.4) is 0 Å². The number of hydrogen-bond donors (Lipinski definition) is 1. The number of amides is 3. The number of likely N-dealkylation sites (N-methyl/N-ethyl adjacent to an activating group) is 1. The minimum Gasteiger partial charge on any atom is -0.493 e. The van der Waals surface area contributed by atoms with Gasteiger partial charge in [-0.25, -0.2) is 4.68 Å². The van der Waals surface area contributed by atoms with Gasteiger partial charge in [-0.1, -0.05) is 5.21 Å². The number of ether oxygens (including phenoxy) is 4.